The molecule has 1 N–H and O–H groups in total. The molecule has 1 aromatic heterocycles. The van der Waals surface area contributed by atoms with Crippen molar-refractivity contribution in [2.45, 2.75) is 19.8 Å². The number of nitrogens with zero attached hydrogens (tertiary/aromatic N) is 2. The quantitative estimate of drug-likeness (QED) is 0.921. The second-order valence-corrected chi connectivity index (χ2v) is 5.55. The van der Waals surface area contributed by atoms with Gasteiger partial charge in [-0.15, -0.1) is 5.10 Å². The van der Waals surface area contributed by atoms with Crippen molar-refractivity contribution in [2.75, 3.05) is 5.32 Å². The summed E-state index contributed by atoms with van der Waals surface area (Å²) in [5.41, 5.74) is 0.798. The molecule has 0 atom stereocenters. The number of rotatable bonds is 4. The number of aryl methyl sites for hydroxylation is 1. The van der Waals surface area contributed by atoms with E-state index in [2.05, 4.69) is 30.8 Å². The zero-order chi connectivity index (χ0) is 13.8. The van der Waals surface area contributed by atoms with Crippen molar-refractivity contribution in [3.8, 4) is 0 Å². The molecule has 0 bridgehead atoms. The van der Waals surface area contributed by atoms with Gasteiger partial charge >= 0.3 is 0 Å². The Hall–Kier alpha value is -1.34. The number of hydrogen-bond acceptors (Lipinski definition) is 4. The SMILES string of the molecule is CCCc1nnsc1C(=O)Nc1ccc(Br)cc1F. The van der Waals surface area contributed by atoms with Gasteiger partial charge in [0.2, 0.25) is 0 Å². The normalized spacial score (nSPS) is 10.5. The Labute approximate surface area is 122 Å². The molecule has 19 heavy (non-hydrogen) atoms. The zero-order valence-corrected chi connectivity index (χ0v) is 12.5. The van der Waals surface area contributed by atoms with Crippen LogP contribution < -0.4 is 5.32 Å². The van der Waals surface area contributed by atoms with Crippen molar-refractivity contribution >= 4 is 39.1 Å². The second kappa shape index (κ2) is 6.21. The van der Waals surface area contributed by atoms with Crippen molar-refractivity contribution in [2.24, 2.45) is 0 Å². The Morgan fingerprint density at radius 1 is 1.53 bits per heavy atom. The molecule has 1 aromatic carbocycles. The van der Waals surface area contributed by atoms with Gasteiger partial charge in [-0.05, 0) is 36.2 Å². The molecule has 0 aliphatic rings. The van der Waals surface area contributed by atoms with Crippen LogP contribution >= 0.6 is 27.5 Å². The van der Waals surface area contributed by atoms with Gasteiger partial charge in [-0.2, -0.15) is 0 Å². The van der Waals surface area contributed by atoms with Crippen LogP contribution in [-0.2, 0) is 6.42 Å². The maximum absolute atomic E-state index is 13.6. The molecule has 100 valence electrons. The third-order valence-electron chi connectivity index (χ3n) is 2.43. The van der Waals surface area contributed by atoms with Crippen molar-refractivity contribution in [3.63, 3.8) is 0 Å². The van der Waals surface area contributed by atoms with Gasteiger partial charge < -0.3 is 5.32 Å². The van der Waals surface area contributed by atoms with E-state index >= 15 is 0 Å². The summed E-state index contributed by atoms with van der Waals surface area (Å²) in [6, 6.07) is 4.47. The lowest BCUT2D eigenvalue weighted by Gasteiger charge is -2.05. The molecule has 2 rings (SSSR count). The first-order valence-corrected chi connectivity index (χ1v) is 7.26. The molecule has 0 aliphatic carbocycles. The number of benzene rings is 1. The van der Waals surface area contributed by atoms with Crippen molar-refractivity contribution < 1.29 is 9.18 Å². The van der Waals surface area contributed by atoms with Gasteiger partial charge in [-0.1, -0.05) is 33.8 Å². The third kappa shape index (κ3) is 3.36. The Balaban J connectivity index is 2.18. The summed E-state index contributed by atoms with van der Waals surface area (Å²) in [6.45, 7) is 2.00. The fourth-order valence-corrected chi connectivity index (χ4v) is 2.49. The van der Waals surface area contributed by atoms with Gasteiger partial charge in [0, 0.05) is 4.47 Å². The van der Waals surface area contributed by atoms with E-state index in [9.17, 15) is 9.18 Å². The lowest BCUT2D eigenvalue weighted by molar-refractivity contribution is 0.102. The highest BCUT2D eigenvalue weighted by Gasteiger charge is 2.17. The van der Waals surface area contributed by atoms with Gasteiger partial charge in [-0.25, -0.2) is 4.39 Å². The van der Waals surface area contributed by atoms with Crippen LogP contribution in [0.1, 0.15) is 28.7 Å². The molecule has 2 aromatic rings. The maximum atomic E-state index is 13.6. The molecule has 1 heterocycles. The van der Waals surface area contributed by atoms with E-state index in [1.165, 1.54) is 12.1 Å². The highest BCUT2D eigenvalue weighted by Crippen LogP contribution is 2.21. The summed E-state index contributed by atoms with van der Waals surface area (Å²) in [5.74, 6) is -0.864. The largest absolute Gasteiger partial charge is 0.319 e. The van der Waals surface area contributed by atoms with Crippen LogP contribution in [0.4, 0.5) is 10.1 Å². The molecule has 7 heteroatoms. The predicted octanol–water partition coefficient (Wildman–Crippen LogP) is 3.64. The van der Waals surface area contributed by atoms with Crippen molar-refractivity contribution in [1.29, 1.82) is 0 Å². The van der Waals surface area contributed by atoms with Gasteiger partial charge in [0.25, 0.3) is 5.91 Å². The summed E-state index contributed by atoms with van der Waals surface area (Å²) in [7, 11) is 0. The van der Waals surface area contributed by atoms with Gasteiger partial charge in [-0.3, -0.25) is 4.79 Å². The lowest BCUT2D eigenvalue weighted by Crippen LogP contribution is -2.13. The Morgan fingerprint density at radius 3 is 3.00 bits per heavy atom. The van der Waals surface area contributed by atoms with Crippen LogP contribution in [-0.4, -0.2) is 15.5 Å². The van der Waals surface area contributed by atoms with E-state index in [0.717, 1.165) is 18.0 Å². The highest BCUT2D eigenvalue weighted by molar-refractivity contribution is 9.10. The number of carbonyl (C=O) groups is 1. The van der Waals surface area contributed by atoms with Crippen LogP contribution in [0.15, 0.2) is 22.7 Å². The molecular formula is C12H11BrFN3OS. The summed E-state index contributed by atoms with van der Waals surface area (Å²) < 4.78 is 18.0. The maximum Gasteiger partial charge on any atom is 0.269 e. The number of hydrogen-bond donors (Lipinski definition) is 1. The van der Waals surface area contributed by atoms with E-state index < -0.39 is 5.82 Å². The third-order valence-corrected chi connectivity index (χ3v) is 3.69. The van der Waals surface area contributed by atoms with Crippen LogP contribution in [0.5, 0.6) is 0 Å². The van der Waals surface area contributed by atoms with Crippen molar-refractivity contribution in [1.82, 2.24) is 9.59 Å². The summed E-state index contributed by atoms with van der Waals surface area (Å²) >= 11 is 4.18. The minimum Gasteiger partial charge on any atom is -0.319 e. The van der Waals surface area contributed by atoms with Crippen molar-refractivity contribution in [3.05, 3.63) is 39.1 Å². The monoisotopic (exact) mass is 343 g/mol. The molecule has 0 saturated carbocycles. The smallest absolute Gasteiger partial charge is 0.269 e. The number of carbonyl (C=O) groups excluding carboxylic acids is 1. The first-order valence-electron chi connectivity index (χ1n) is 5.69. The molecular weight excluding hydrogens is 333 g/mol. The molecule has 0 fully saturated rings. The lowest BCUT2D eigenvalue weighted by atomic mass is 10.2. The van der Waals surface area contributed by atoms with E-state index in [0.29, 0.717) is 21.5 Å². The second-order valence-electron chi connectivity index (χ2n) is 3.88. The van der Waals surface area contributed by atoms with Gasteiger partial charge in [0.15, 0.2) is 0 Å². The zero-order valence-electron chi connectivity index (χ0n) is 10.1. The van der Waals surface area contributed by atoms with E-state index in [1.807, 2.05) is 6.92 Å². The van der Waals surface area contributed by atoms with E-state index in [-0.39, 0.29) is 11.6 Å². The predicted molar refractivity (Wildman–Crippen MR) is 76.0 cm³/mol. The van der Waals surface area contributed by atoms with Gasteiger partial charge in [0.05, 0.1) is 11.4 Å². The van der Waals surface area contributed by atoms with Crippen LogP contribution in [0, 0.1) is 5.82 Å². The fourth-order valence-electron chi connectivity index (χ4n) is 1.55. The molecule has 0 spiro atoms. The average molecular weight is 344 g/mol. The van der Waals surface area contributed by atoms with Crippen LogP contribution in [0.25, 0.3) is 0 Å². The Kier molecular flexibility index (Phi) is 4.60. The molecule has 0 unspecified atom stereocenters. The van der Waals surface area contributed by atoms with Gasteiger partial charge in [0.1, 0.15) is 10.7 Å². The average Bonchev–Trinajstić information content (AvgIpc) is 2.81. The molecule has 0 aliphatic heterocycles. The number of anilines is 1. The molecule has 4 nitrogen and oxygen atoms in total. The molecule has 0 radical (unpaired) electrons. The fraction of sp³-hybridized carbons (Fsp3) is 0.250. The Bertz CT molecular complexity index is 602. The number of aromatic nitrogens is 2. The highest BCUT2D eigenvalue weighted by atomic mass is 79.9. The summed E-state index contributed by atoms with van der Waals surface area (Å²) in [6.07, 6.45) is 1.56. The Morgan fingerprint density at radius 2 is 2.32 bits per heavy atom. The summed E-state index contributed by atoms with van der Waals surface area (Å²) in [4.78, 5) is 12.5. The van der Waals surface area contributed by atoms with E-state index in [1.54, 1.807) is 6.07 Å². The number of halogens is 2. The van der Waals surface area contributed by atoms with Crippen LogP contribution in [0.2, 0.25) is 0 Å². The minimum absolute atomic E-state index is 0.143. The topological polar surface area (TPSA) is 54.9 Å². The van der Waals surface area contributed by atoms with Crippen LogP contribution in [0.3, 0.4) is 0 Å². The first kappa shape index (κ1) is 14.1. The molecule has 0 saturated heterocycles. The first-order chi connectivity index (χ1) is 9.11. The minimum atomic E-state index is -0.489. The number of amides is 1. The standard InChI is InChI=1S/C12H11BrFN3OS/c1-2-3-10-11(19-17-16-10)12(18)15-9-5-4-7(13)6-8(9)14/h4-6H,2-3H2,1H3,(H,15,18). The summed E-state index contributed by atoms with van der Waals surface area (Å²) in [5, 5.41) is 6.45. The number of nitrogens with one attached hydrogen (secondary N) is 1. The van der Waals surface area contributed by atoms with E-state index in [4.69, 9.17) is 0 Å². The molecule has 1 amide bonds.